The van der Waals surface area contributed by atoms with Gasteiger partial charge in [-0.25, -0.2) is 0 Å². The van der Waals surface area contributed by atoms with Crippen LogP contribution >= 0.6 is 7.82 Å². The van der Waals surface area contributed by atoms with Gasteiger partial charge in [-0.3, -0.25) is 0 Å². The van der Waals surface area contributed by atoms with Crippen molar-refractivity contribution in [2.24, 2.45) is 0 Å². The van der Waals surface area contributed by atoms with Gasteiger partial charge in [0.25, 0.3) is 0 Å². The summed E-state index contributed by atoms with van der Waals surface area (Å²) in [6, 6.07) is 0. The van der Waals surface area contributed by atoms with Gasteiger partial charge in [-0.15, -0.1) is 0 Å². The molecule has 0 heterocycles. The third-order valence-corrected chi connectivity index (χ3v) is 0. The molecule has 0 saturated carbocycles. The van der Waals surface area contributed by atoms with Gasteiger partial charge in [-0.1, -0.05) is 0 Å². The van der Waals surface area contributed by atoms with E-state index in [0.717, 1.165) is 0 Å². The molecule has 0 aliphatic rings. The second-order valence-corrected chi connectivity index (χ2v) is 1.34. The maximum atomic E-state index is 8.55. The minimum absolute atomic E-state index is 0. The van der Waals surface area contributed by atoms with E-state index in [4.69, 9.17) is 19.2 Å². The zero-order valence-corrected chi connectivity index (χ0v) is 12.9. The Kier molecular flexibility index (Phi) is 45.2. The fraction of sp³-hybridized carbons (Fsp3) is 0. The summed E-state index contributed by atoms with van der Waals surface area (Å²) in [6.45, 7) is 0. The van der Waals surface area contributed by atoms with Crippen molar-refractivity contribution in [3.63, 3.8) is 0 Å². The topological polar surface area (TPSA) is 115 Å². The van der Waals surface area contributed by atoms with Crippen LogP contribution in [-0.4, -0.2) is 75.5 Å². The summed E-state index contributed by atoms with van der Waals surface area (Å²) < 4.78 is 8.55. The van der Waals surface area contributed by atoms with Crippen molar-refractivity contribution in [2.45, 2.75) is 0 Å². The molecule has 0 spiro atoms. The Hall–Kier alpha value is 3.21. The fourth-order valence-corrected chi connectivity index (χ4v) is 0. The number of hydrogen-bond donors (Lipinski definition) is 0. The molecule has 0 unspecified atom stereocenters. The zero-order valence-electron chi connectivity index (χ0n) is 4.61. The van der Waals surface area contributed by atoms with E-state index in [1.165, 1.54) is 0 Å². The molecular formula is Ca2O5PZn+. The van der Waals surface area contributed by atoms with Crippen LogP contribution in [0.5, 0.6) is 0 Å². The molecule has 0 bridgehead atoms. The molecule has 0 aliphatic heterocycles. The summed E-state index contributed by atoms with van der Waals surface area (Å²) in [4.78, 5) is 25.6. The summed E-state index contributed by atoms with van der Waals surface area (Å²) in [5.74, 6) is 0. The van der Waals surface area contributed by atoms with E-state index >= 15 is 0 Å². The van der Waals surface area contributed by atoms with Crippen LogP contribution in [0.3, 0.4) is 0 Å². The average Bonchev–Trinajstić information content (AvgIpc) is 0.722. The van der Waals surface area contributed by atoms with E-state index in [-0.39, 0.29) is 100 Å². The van der Waals surface area contributed by atoms with E-state index < -0.39 is 7.82 Å². The van der Waals surface area contributed by atoms with Crippen LogP contribution in [0.4, 0.5) is 0 Å². The molecule has 0 fully saturated rings. The van der Waals surface area contributed by atoms with E-state index in [2.05, 4.69) is 0 Å². The fourth-order valence-electron chi connectivity index (χ4n) is 0. The second-order valence-electron chi connectivity index (χ2n) is 0.447. The van der Waals surface area contributed by atoms with Gasteiger partial charge in [0.15, 0.2) is 0 Å². The Balaban J connectivity index is -0.0000000133. The van der Waals surface area contributed by atoms with Crippen molar-refractivity contribution in [3.8, 4) is 0 Å². The molecule has 0 saturated heterocycles. The first-order chi connectivity index (χ1) is 2.00. The molecule has 5 nitrogen and oxygen atoms in total. The third kappa shape index (κ3) is 92.2. The molecule has 0 N–H and O–H groups in total. The molecule has 0 amide bonds. The van der Waals surface area contributed by atoms with Gasteiger partial charge >= 0.3 is 95.0 Å². The van der Waals surface area contributed by atoms with Gasteiger partial charge in [-0.05, 0) is 0 Å². The van der Waals surface area contributed by atoms with Gasteiger partial charge in [0, 0.05) is 0 Å². The molecule has 0 aromatic heterocycles. The van der Waals surface area contributed by atoms with Crippen molar-refractivity contribution in [2.75, 3.05) is 0 Å². The Bertz CT molecular complexity index is 61.1. The molecule has 0 atom stereocenters. The van der Waals surface area contributed by atoms with Crippen LogP contribution in [0.1, 0.15) is 0 Å². The Morgan fingerprint density at radius 3 is 1.00 bits per heavy atom. The van der Waals surface area contributed by atoms with Gasteiger partial charge < -0.3 is 24.7 Å². The van der Waals surface area contributed by atoms with Crippen LogP contribution in [-0.2, 0) is 29.5 Å². The number of rotatable bonds is 0. The molecule has 0 aromatic carbocycles. The summed E-state index contributed by atoms with van der Waals surface area (Å²) in [5, 5.41) is 0. The molecule has 0 radical (unpaired) electrons. The largest absolute Gasteiger partial charge is 2.00 e. The van der Waals surface area contributed by atoms with Gasteiger partial charge in [-0.2, -0.15) is 7.82 Å². The maximum absolute atomic E-state index is 8.55. The second kappa shape index (κ2) is 13.8. The predicted octanol–water partition coefficient (Wildman–Crippen LogP) is -3.71. The standard InChI is InChI=1S/2Ca.H3O4P.O.Zn/c;;1-5(2,3)4;;/h;;(H3,1,2,3,4);;/q2*+2;;-2;+2/p-3. The zero-order chi connectivity index (χ0) is 4.50. The van der Waals surface area contributed by atoms with Gasteiger partial charge in [0.2, 0.25) is 0 Å². The minimum Gasteiger partial charge on any atom is -2.00 e. The van der Waals surface area contributed by atoms with Gasteiger partial charge in [0.1, 0.15) is 0 Å². The molecule has 9 heteroatoms. The summed E-state index contributed by atoms with van der Waals surface area (Å²) >= 11 is 0. The van der Waals surface area contributed by atoms with Crippen molar-refractivity contribution in [1.29, 1.82) is 0 Å². The quantitative estimate of drug-likeness (QED) is 0.327. The third-order valence-electron chi connectivity index (χ3n) is 0. The Morgan fingerprint density at radius 1 is 1.00 bits per heavy atom. The van der Waals surface area contributed by atoms with E-state index in [9.17, 15) is 0 Å². The number of hydrogen-bond acceptors (Lipinski definition) is 4. The number of phosphoric acid groups is 1. The van der Waals surface area contributed by atoms with Crippen molar-refractivity contribution < 1.29 is 44.2 Å². The van der Waals surface area contributed by atoms with Crippen LogP contribution in [0.2, 0.25) is 0 Å². The maximum Gasteiger partial charge on any atom is 2.00 e. The van der Waals surface area contributed by atoms with Crippen LogP contribution in [0.25, 0.3) is 0 Å². The smallest absolute Gasteiger partial charge is 2.00 e. The van der Waals surface area contributed by atoms with Gasteiger partial charge in [0.05, 0.1) is 0 Å². The van der Waals surface area contributed by atoms with E-state index in [1.807, 2.05) is 0 Å². The predicted molar refractivity (Wildman–Crippen MR) is 19.8 cm³/mol. The molecule has 0 rings (SSSR count). The minimum atomic E-state index is -5.39. The first kappa shape index (κ1) is 29.5. The molecule has 40 valence electrons. The summed E-state index contributed by atoms with van der Waals surface area (Å²) in [5.41, 5.74) is 0. The average molecular weight is 257 g/mol. The first-order valence-corrected chi connectivity index (χ1v) is 2.19. The molecule has 0 aromatic rings. The normalized spacial score (nSPS) is 6.56. The van der Waals surface area contributed by atoms with Crippen LogP contribution in [0, 0.1) is 0 Å². The van der Waals surface area contributed by atoms with E-state index in [0.29, 0.717) is 0 Å². The van der Waals surface area contributed by atoms with Crippen molar-refractivity contribution in [1.82, 2.24) is 0 Å². The molecule has 9 heavy (non-hydrogen) atoms. The van der Waals surface area contributed by atoms with Crippen molar-refractivity contribution in [3.05, 3.63) is 0 Å². The van der Waals surface area contributed by atoms with Crippen molar-refractivity contribution >= 4 is 83.3 Å². The monoisotopic (exact) mass is 255 g/mol. The Morgan fingerprint density at radius 2 is 1.00 bits per heavy atom. The first-order valence-electron chi connectivity index (χ1n) is 0.730. The molecular weight excluding hydrogens is 257 g/mol. The Labute approximate surface area is 125 Å². The molecule has 0 aliphatic carbocycles. The summed E-state index contributed by atoms with van der Waals surface area (Å²) in [6.07, 6.45) is 0. The summed E-state index contributed by atoms with van der Waals surface area (Å²) in [7, 11) is -5.39. The van der Waals surface area contributed by atoms with Crippen LogP contribution in [0.15, 0.2) is 0 Å². The van der Waals surface area contributed by atoms with E-state index in [1.54, 1.807) is 0 Å². The van der Waals surface area contributed by atoms with Crippen LogP contribution < -0.4 is 14.7 Å². The SMILES string of the molecule is O=P([O-])([O-])[O-].[Ca+2].[Ca+2].[O-2].[Zn+2].